The number of aliphatic imine (C=N–C) groups is 1. The van der Waals surface area contributed by atoms with Crippen molar-refractivity contribution < 1.29 is 14.3 Å². The topological polar surface area (TPSA) is 65.5 Å². The van der Waals surface area contributed by atoms with Gasteiger partial charge in [0.1, 0.15) is 5.54 Å². The van der Waals surface area contributed by atoms with Crippen molar-refractivity contribution in [2.24, 2.45) is 10.9 Å². The summed E-state index contributed by atoms with van der Waals surface area (Å²) in [6.07, 6.45) is 4.45. The van der Waals surface area contributed by atoms with Gasteiger partial charge in [0.15, 0.2) is 0 Å². The van der Waals surface area contributed by atoms with E-state index in [0.29, 0.717) is 26.0 Å². The summed E-state index contributed by atoms with van der Waals surface area (Å²) < 4.78 is 5.07. The summed E-state index contributed by atoms with van der Waals surface area (Å²) in [5.74, 6) is 0.329. The quantitative estimate of drug-likeness (QED) is 0.758. The average molecular weight is 399 g/mol. The molecule has 1 spiro atoms. The van der Waals surface area contributed by atoms with Crippen LogP contribution < -0.4 is 4.90 Å². The highest BCUT2D eigenvalue weighted by Gasteiger charge is 2.48. The predicted octanol–water partition coefficient (Wildman–Crippen LogP) is 1.78. The van der Waals surface area contributed by atoms with E-state index in [1.807, 2.05) is 23.1 Å². The van der Waals surface area contributed by atoms with E-state index in [-0.39, 0.29) is 17.7 Å². The van der Waals surface area contributed by atoms with Crippen LogP contribution in [0.3, 0.4) is 0 Å². The number of anilines is 1. The zero-order chi connectivity index (χ0) is 20.3. The summed E-state index contributed by atoms with van der Waals surface area (Å²) >= 11 is 0. The molecular weight excluding hydrogens is 368 g/mol. The van der Waals surface area contributed by atoms with Crippen LogP contribution in [0.4, 0.5) is 5.69 Å². The van der Waals surface area contributed by atoms with Crippen molar-refractivity contribution >= 4 is 23.8 Å². The Morgan fingerprint density at radius 2 is 1.83 bits per heavy atom. The maximum Gasteiger partial charge on any atom is 0.255 e. The molecule has 1 saturated heterocycles. The van der Waals surface area contributed by atoms with Gasteiger partial charge in [0, 0.05) is 44.9 Å². The predicted molar refractivity (Wildman–Crippen MR) is 112 cm³/mol. The van der Waals surface area contributed by atoms with E-state index in [1.54, 1.807) is 18.3 Å². The molecule has 1 aromatic carbocycles. The second-order valence-electron chi connectivity index (χ2n) is 8.19. The van der Waals surface area contributed by atoms with Crippen LogP contribution in [-0.4, -0.2) is 79.9 Å². The lowest BCUT2D eigenvalue weighted by molar-refractivity contribution is -0.140. The van der Waals surface area contributed by atoms with Crippen LogP contribution in [-0.2, 0) is 14.3 Å². The number of carbonyl (C=O) groups excluding carboxylic acids is 2. The van der Waals surface area contributed by atoms with E-state index in [2.05, 4.69) is 22.0 Å². The number of rotatable bonds is 5. The third-order valence-electron chi connectivity index (χ3n) is 6.51. The van der Waals surface area contributed by atoms with Gasteiger partial charge in [0.2, 0.25) is 5.91 Å². The maximum absolute atomic E-state index is 13.0. The van der Waals surface area contributed by atoms with Crippen molar-refractivity contribution in [3.05, 3.63) is 30.3 Å². The number of nitrogens with zero attached hydrogens (tertiary/aromatic N) is 4. The molecule has 2 fully saturated rings. The van der Waals surface area contributed by atoms with Crippen LogP contribution in [0.25, 0.3) is 0 Å². The van der Waals surface area contributed by atoms with E-state index >= 15 is 0 Å². The van der Waals surface area contributed by atoms with Gasteiger partial charge in [0.05, 0.1) is 19.5 Å². The highest BCUT2D eigenvalue weighted by Crippen LogP contribution is 2.39. The molecule has 0 unspecified atom stereocenters. The molecule has 0 radical (unpaired) electrons. The van der Waals surface area contributed by atoms with Gasteiger partial charge in [-0.3, -0.25) is 19.5 Å². The third kappa shape index (κ3) is 4.01. The third-order valence-corrected chi connectivity index (χ3v) is 6.51. The molecule has 4 rings (SSSR count). The highest BCUT2D eigenvalue weighted by molar-refractivity contribution is 6.00. The minimum atomic E-state index is -0.642. The van der Waals surface area contributed by atoms with Crippen molar-refractivity contribution in [1.29, 1.82) is 0 Å². The normalized spacial score (nSPS) is 27.1. The van der Waals surface area contributed by atoms with Crippen LogP contribution in [0, 0.1) is 5.92 Å². The molecule has 29 heavy (non-hydrogen) atoms. The first-order chi connectivity index (χ1) is 14.1. The molecular formula is C22H30N4O3. The second-order valence-corrected chi connectivity index (χ2v) is 8.19. The standard InChI is InChI=1S/C22H30N4O3/c1-29-16-15-26-17-23-22(21(26)28)9-7-18(8-10-22)20(27)25-13-11-24(12-14-25)19-5-3-2-4-6-19/h2-6,17-18H,7-16H2,1H3. The van der Waals surface area contributed by atoms with Crippen LogP contribution in [0.5, 0.6) is 0 Å². The maximum atomic E-state index is 13.0. The zero-order valence-corrected chi connectivity index (χ0v) is 17.1. The van der Waals surface area contributed by atoms with Crippen molar-refractivity contribution in [3.63, 3.8) is 0 Å². The van der Waals surface area contributed by atoms with Gasteiger partial charge in [-0.2, -0.15) is 0 Å². The largest absolute Gasteiger partial charge is 0.383 e. The molecule has 1 aliphatic carbocycles. The Kier molecular flexibility index (Phi) is 5.85. The van der Waals surface area contributed by atoms with Crippen molar-refractivity contribution in [1.82, 2.24) is 9.80 Å². The Morgan fingerprint density at radius 1 is 1.14 bits per heavy atom. The van der Waals surface area contributed by atoms with Crippen molar-refractivity contribution in [3.8, 4) is 0 Å². The summed E-state index contributed by atoms with van der Waals surface area (Å²) in [6, 6.07) is 10.4. The minimum Gasteiger partial charge on any atom is -0.383 e. The van der Waals surface area contributed by atoms with E-state index in [0.717, 1.165) is 39.0 Å². The highest BCUT2D eigenvalue weighted by atomic mass is 16.5. The van der Waals surface area contributed by atoms with Crippen molar-refractivity contribution in [2.75, 3.05) is 51.3 Å². The fraction of sp³-hybridized carbons (Fsp3) is 0.591. The smallest absolute Gasteiger partial charge is 0.255 e. The van der Waals surface area contributed by atoms with E-state index in [9.17, 15) is 9.59 Å². The van der Waals surface area contributed by atoms with Crippen LogP contribution in [0.2, 0.25) is 0 Å². The van der Waals surface area contributed by atoms with Gasteiger partial charge < -0.3 is 14.5 Å². The molecule has 7 heteroatoms. The molecule has 2 amide bonds. The number of piperazine rings is 1. The monoisotopic (exact) mass is 398 g/mol. The first-order valence-corrected chi connectivity index (χ1v) is 10.6. The number of benzene rings is 1. The summed E-state index contributed by atoms with van der Waals surface area (Å²) in [5.41, 5.74) is 0.575. The van der Waals surface area contributed by atoms with Crippen LogP contribution in [0.1, 0.15) is 25.7 Å². The van der Waals surface area contributed by atoms with Gasteiger partial charge in [-0.25, -0.2) is 0 Å². The van der Waals surface area contributed by atoms with Gasteiger partial charge in [0.25, 0.3) is 5.91 Å². The Morgan fingerprint density at radius 3 is 2.48 bits per heavy atom. The number of ether oxygens (including phenoxy) is 1. The summed E-state index contributed by atoms with van der Waals surface area (Å²) in [6.45, 7) is 4.29. The lowest BCUT2D eigenvalue weighted by Gasteiger charge is -2.39. The summed E-state index contributed by atoms with van der Waals surface area (Å²) in [4.78, 5) is 36.4. The Balaban J connectivity index is 1.28. The molecule has 0 aromatic heterocycles. The number of para-hydroxylation sites is 1. The minimum absolute atomic E-state index is 0.0138. The molecule has 2 aliphatic heterocycles. The van der Waals surface area contributed by atoms with E-state index in [4.69, 9.17) is 4.74 Å². The number of methoxy groups -OCH3 is 1. The molecule has 0 N–H and O–H groups in total. The molecule has 7 nitrogen and oxygen atoms in total. The first-order valence-electron chi connectivity index (χ1n) is 10.6. The Labute approximate surface area is 172 Å². The number of carbonyl (C=O) groups is 2. The molecule has 0 bridgehead atoms. The van der Waals surface area contributed by atoms with Gasteiger partial charge in [-0.1, -0.05) is 18.2 Å². The van der Waals surface area contributed by atoms with E-state index < -0.39 is 5.54 Å². The SMILES string of the molecule is COCCN1C=NC2(CCC(C(=O)N3CCN(c4ccccc4)CC3)CC2)C1=O. The molecule has 1 aromatic rings. The lowest BCUT2D eigenvalue weighted by Crippen LogP contribution is -2.52. The fourth-order valence-corrected chi connectivity index (χ4v) is 4.67. The molecule has 1 saturated carbocycles. The molecule has 156 valence electrons. The van der Waals surface area contributed by atoms with Gasteiger partial charge in [-0.05, 0) is 37.8 Å². The van der Waals surface area contributed by atoms with Crippen LogP contribution >= 0.6 is 0 Å². The Hall–Kier alpha value is -2.41. The van der Waals surface area contributed by atoms with E-state index in [1.165, 1.54) is 5.69 Å². The summed E-state index contributed by atoms with van der Waals surface area (Å²) in [7, 11) is 1.63. The second kappa shape index (κ2) is 8.53. The lowest BCUT2D eigenvalue weighted by atomic mass is 9.76. The van der Waals surface area contributed by atoms with Gasteiger partial charge >= 0.3 is 0 Å². The first kappa shape index (κ1) is 19.9. The van der Waals surface area contributed by atoms with Crippen molar-refractivity contribution in [2.45, 2.75) is 31.2 Å². The molecule has 3 aliphatic rings. The molecule has 2 heterocycles. The number of hydrogen-bond acceptors (Lipinski definition) is 5. The zero-order valence-electron chi connectivity index (χ0n) is 17.1. The van der Waals surface area contributed by atoms with Crippen LogP contribution in [0.15, 0.2) is 35.3 Å². The van der Waals surface area contributed by atoms with Gasteiger partial charge in [-0.15, -0.1) is 0 Å². The number of amides is 2. The molecule has 0 atom stereocenters. The fourth-order valence-electron chi connectivity index (χ4n) is 4.67. The average Bonchev–Trinajstić information content (AvgIpc) is 3.08. The Bertz CT molecular complexity index is 751. The summed E-state index contributed by atoms with van der Waals surface area (Å²) in [5, 5.41) is 0. The number of hydrogen-bond donors (Lipinski definition) is 0.